The van der Waals surface area contributed by atoms with Crippen molar-refractivity contribution >= 4 is 27.9 Å². The molecule has 0 radical (unpaired) electrons. The van der Waals surface area contributed by atoms with Crippen molar-refractivity contribution < 1.29 is 9.31 Å². The molecule has 1 aliphatic carbocycles. The third-order valence-corrected chi connectivity index (χ3v) is 7.01. The van der Waals surface area contributed by atoms with Gasteiger partial charge in [0.15, 0.2) is 0 Å². The van der Waals surface area contributed by atoms with Crippen LogP contribution in [0.2, 0.25) is 0 Å². The fourth-order valence-electron chi connectivity index (χ4n) is 5.15. The lowest BCUT2D eigenvalue weighted by Crippen LogP contribution is -2.57. The molecule has 1 aromatic carbocycles. The number of halogens is 1. The Kier molecular flexibility index (Phi) is 6.72. The summed E-state index contributed by atoms with van der Waals surface area (Å²) in [7, 11) is 5.80. The van der Waals surface area contributed by atoms with Gasteiger partial charge in [0, 0.05) is 58.0 Å². The summed E-state index contributed by atoms with van der Waals surface area (Å²) in [4.78, 5) is 26.5. The number of aromatic amines is 1. The number of rotatable bonds is 9. The van der Waals surface area contributed by atoms with E-state index in [-0.39, 0.29) is 16.7 Å². The largest absolute Gasteiger partial charge is 0.350 e. The molecule has 0 bridgehead atoms. The van der Waals surface area contributed by atoms with Crippen molar-refractivity contribution in [3.05, 3.63) is 76.5 Å². The number of aromatic nitrogens is 4. The van der Waals surface area contributed by atoms with Crippen molar-refractivity contribution in [3.8, 4) is 11.3 Å². The minimum atomic E-state index is -0.982. The molecule has 0 spiro atoms. The maximum Gasteiger partial charge on any atom is 0.255 e. The van der Waals surface area contributed by atoms with Gasteiger partial charge < -0.3 is 25.1 Å². The van der Waals surface area contributed by atoms with Gasteiger partial charge in [0.1, 0.15) is 17.0 Å². The highest BCUT2D eigenvalue weighted by atomic mass is 19.1. The van der Waals surface area contributed by atoms with Gasteiger partial charge in [-0.25, -0.2) is 9.37 Å². The van der Waals surface area contributed by atoms with E-state index in [4.69, 9.17) is 4.98 Å². The van der Waals surface area contributed by atoms with E-state index in [1.165, 1.54) is 12.1 Å². The van der Waals surface area contributed by atoms with Crippen molar-refractivity contribution in [2.45, 2.75) is 24.9 Å². The highest BCUT2D eigenvalue weighted by Gasteiger charge is 2.45. The predicted octanol–water partition coefficient (Wildman–Crippen LogP) is 4.07. The third kappa shape index (κ3) is 4.66. The number of nitrogens with zero attached hydrogens (tertiary/aromatic N) is 5. The van der Waals surface area contributed by atoms with Crippen LogP contribution in [0, 0.1) is 15.9 Å². The molecule has 0 fully saturated rings. The van der Waals surface area contributed by atoms with E-state index in [9.17, 15) is 14.5 Å². The second kappa shape index (κ2) is 9.99. The van der Waals surface area contributed by atoms with E-state index >= 15 is 0 Å². The Balaban J connectivity index is 1.54. The molecule has 10 nitrogen and oxygen atoms in total. The second-order valence-electron chi connectivity index (χ2n) is 9.89. The molecule has 3 N–H and O–H groups in total. The summed E-state index contributed by atoms with van der Waals surface area (Å²) in [6.45, 7) is 3.24. The van der Waals surface area contributed by atoms with E-state index in [1.54, 1.807) is 18.3 Å². The van der Waals surface area contributed by atoms with Gasteiger partial charge in [0.2, 0.25) is 5.95 Å². The number of hydrogen-bond acceptors (Lipinski definition) is 7. The lowest BCUT2D eigenvalue weighted by Gasteiger charge is -2.36. The molecule has 4 aromatic rings. The highest BCUT2D eigenvalue weighted by Crippen LogP contribution is 2.35. The summed E-state index contributed by atoms with van der Waals surface area (Å²) < 4.78 is 16.1. The van der Waals surface area contributed by atoms with Gasteiger partial charge >= 0.3 is 0 Å². The average molecular weight is 519 g/mol. The minimum absolute atomic E-state index is 0.255. The SMILES string of the molecule is CCNC1(CCN(C)C)C=CC(Nc2nc(-c3cn(C)c4ccc(F)cc34)c3cc[nH]c3n2)=CC1[N+](=O)[O-]. The standard InChI is InChI=1S/C27H31FN8O2/c1-5-30-27(11-13-34(2)3)10-8-18(15-23(27)36(37)38)31-26-32-24(19-9-12-29-25(19)33-26)21-16-35(4)22-7-6-17(28)14-20(21)22/h6-10,12,14-16,23,30H,5,11,13H2,1-4H3,(H2,29,31,32,33). The number of fused-ring (bicyclic) bond motifs is 2. The van der Waals surface area contributed by atoms with Gasteiger partial charge in [0.25, 0.3) is 6.04 Å². The van der Waals surface area contributed by atoms with E-state index < -0.39 is 11.6 Å². The van der Waals surface area contributed by atoms with Crippen LogP contribution in [-0.2, 0) is 7.05 Å². The van der Waals surface area contributed by atoms with Gasteiger partial charge in [-0.1, -0.05) is 13.0 Å². The maximum absolute atomic E-state index is 14.2. The van der Waals surface area contributed by atoms with Crippen LogP contribution in [0.1, 0.15) is 13.3 Å². The van der Waals surface area contributed by atoms with Crippen molar-refractivity contribution in [2.75, 3.05) is 32.5 Å². The van der Waals surface area contributed by atoms with E-state index in [0.29, 0.717) is 36.5 Å². The van der Waals surface area contributed by atoms with Gasteiger partial charge in [-0.05, 0) is 63.9 Å². The summed E-state index contributed by atoms with van der Waals surface area (Å²) in [6.07, 6.45) is 9.60. The van der Waals surface area contributed by atoms with Crippen LogP contribution in [-0.4, -0.2) is 68.1 Å². The van der Waals surface area contributed by atoms with Crippen LogP contribution in [0.25, 0.3) is 33.2 Å². The molecular formula is C27H31FN8O2. The summed E-state index contributed by atoms with van der Waals surface area (Å²) >= 11 is 0. The number of aryl methyl sites for hydroxylation is 1. The first-order chi connectivity index (χ1) is 18.2. The Hall–Kier alpha value is -4.09. The van der Waals surface area contributed by atoms with Crippen LogP contribution in [0.5, 0.6) is 0 Å². The molecule has 0 amide bonds. The van der Waals surface area contributed by atoms with E-state index in [1.807, 2.05) is 61.9 Å². The van der Waals surface area contributed by atoms with Crippen LogP contribution >= 0.6 is 0 Å². The molecule has 5 rings (SSSR count). The molecular weight excluding hydrogens is 487 g/mol. The molecule has 0 aliphatic heterocycles. The zero-order valence-electron chi connectivity index (χ0n) is 21.8. The Morgan fingerprint density at radius 3 is 2.82 bits per heavy atom. The Morgan fingerprint density at radius 1 is 1.26 bits per heavy atom. The summed E-state index contributed by atoms with van der Waals surface area (Å²) in [5.41, 5.74) is 2.60. The molecule has 11 heteroatoms. The minimum Gasteiger partial charge on any atom is -0.350 e. The molecule has 0 saturated carbocycles. The topological polar surface area (TPSA) is 117 Å². The fraction of sp³-hybridized carbons (Fsp3) is 0.333. The third-order valence-electron chi connectivity index (χ3n) is 7.01. The van der Waals surface area contributed by atoms with Crippen molar-refractivity contribution in [3.63, 3.8) is 0 Å². The quantitative estimate of drug-likeness (QED) is 0.226. The van der Waals surface area contributed by atoms with Crippen LogP contribution in [0.15, 0.2) is 60.6 Å². The van der Waals surface area contributed by atoms with Crippen molar-refractivity contribution in [1.82, 2.24) is 29.7 Å². The molecule has 2 unspecified atom stereocenters. The van der Waals surface area contributed by atoms with Gasteiger partial charge in [0.05, 0.1) is 5.69 Å². The first kappa shape index (κ1) is 25.6. The zero-order valence-corrected chi connectivity index (χ0v) is 21.8. The summed E-state index contributed by atoms with van der Waals surface area (Å²) in [5, 5.41) is 20.3. The predicted molar refractivity (Wildman–Crippen MR) is 147 cm³/mol. The van der Waals surface area contributed by atoms with Gasteiger partial charge in [-0.15, -0.1) is 0 Å². The molecule has 1 aliphatic rings. The molecule has 38 heavy (non-hydrogen) atoms. The normalized spacial score (nSPS) is 19.4. The number of nitro groups is 1. The summed E-state index contributed by atoms with van der Waals surface area (Å²) in [6, 6.07) is 5.57. The van der Waals surface area contributed by atoms with Crippen LogP contribution < -0.4 is 10.6 Å². The van der Waals surface area contributed by atoms with Crippen LogP contribution in [0.3, 0.4) is 0 Å². The number of allylic oxidation sites excluding steroid dienone is 1. The Morgan fingerprint density at radius 2 is 2.08 bits per heavy atom. The number of benzene rings is 1. The lowest BCUT2D eigenvalue weighted by molar-refractivity contribution is -0.519. The number of hydrogen-bond donors (Lipinski definition) is 3. The molecule has 3 heterocycles. The first-order valence-corrected chi connectivity index (χ1v) is 12.5. The first-order valence-electron chi connectivity index (χ1n) is 12.5. The summed E-state index contributed by atoms with van der Waals surface area (Å²) in [5.74, 6) is -0.0463. The van der Waals surface area contributed by atoms with E-state index in [0.717, 1.165) is 21.9 Å². The molecule has 0 saturated heterocycles. The smallest absolute Gasteiger partial charge is 0.255 e. The molecule has 3 aromatic heterocycles. The number of H-pyrrole nitrogens is 1. The monoisotopic (exact) mass is 518 g/mol. The number of likely N-dealkylation sites (N-methyl/N-ethyl adjacent to an activating group) is 1. The van der Waals surface area contributed by atoms with Crippen molar-refractivity contribution in [1.29, 1.82) is 0 Å². The zero-order chi connectivity index (χ0) is 27.0. The van der Waals surface area contributed by atoms with E-state index in [2.05, 4.69) is 20.6 Å². The van der Waals surface area contributed by atoms with Crippen LogP contribution in [0.4, 0.5) is 10.3 Å². The van der Waals surface area contributed by atoms with Crippen molar-refractivity contribution in [2.24, 2.45) is 7.05 Å². The lowest BCUT2D eigenvalue weighted by atomic mass is 9.82. The molecule has 198 valence electrons. The van der Waals surface area contributed by atoms with Gasteiger partial charge in [-0.2, -0.15) is 4.98 Å². The highest BCUT2D eigenvalue weighted by molar-refractivity contribution is 6.02. The second-order valence-corrected chi connectivity index (χ2v) is 9.89. The Labute approximate surface area is 219 Å². The molecule has 2 atom stereocenters. The maximum atomic E-state index is 14.2. The average Bonchev–Trinajstić information content (AvgIpc) is 3.47. The number of nitrogens with one attached hydrogen (secondary N) is 3. The fourth-order valence-corrected chi connectivity index (χ4v) is 5.15. The Bertz CT molecular complexity index is 1570. The van der Waals surface area contributed by atoms with Gasteiger partial charge in [-0.3, -0.25) is 10.1 Å². The number of anilines is 1.